The average molecular weight is 246 g/mol. The van der Waals surface area contributed by atoms with E-state index in [4.69, 9.17) is 4.42 Å². The van der Waals surface area contributed by atoms with Gasteiger partial charge in [-0.1, -0.05) is 0 Å². The maximum Gasteiger partial charge on any atom is 0.147 e. The van der Waals surface area contributed by atoms with Crippen LogP contribution in [0.5, 0.6) is 0 Å². The van der Waals surface area contributed by atoms with Gasteiger partial charge in [-0.05, 0) is 20.0 Å². The van der Waals surface area contributed by atoms with Gasteiger partial charge in [0.05, 0.1) is 24.4 Å². The number of nitrogens with zero attached hydrogens (tertiary/aromatic N) is 3. The molecule has 5 nitrogen and oxygen atoms in total. The highest BCUT2D eigenvalue weighted by molar-refractivity contribution is 5.36. The van der Waals surface area contributed by atoms with Crippen molar-refractivity contribution in [3.05, 3.63) is 41.7 Å². The molecule has 0 spiro atoms. The summed E-state index contributed by atoms with van der Waals surface area (Å²) in [6, 6.07) is 1.98. The first-order valence-electron chi connectivity index (χ1n) is 5.90. The molecule has 0 radical (unpaired) electrons. The fourth-order valence-electron chi connectivity index (χ4n) is 1.73. The predicted octanol–water partition coefficient (Wildman–Crippen LogP) is 1.73. The SMILES string of the molecule is CNCc1cnc(N(C)Cc2ccoc2C)cn1. The lowest BCUT2D eigenvalue weighted by molar-refractivity contribution is 0.529. The van der Waals surface area contributed by atoms with E-state index in [2.05, 4.69) is 15.3 Å². The zero-order chi connectivity index (χ0) is 13.0. The van der Waals surface area contributed by atoms with Crippen molar-refractivity contribution in [2.24, 2.45) is 0 Å². The molecule has 0 aromatic carbocycles. The Bertz CT molecular complexity index is 492. The van der Waals surface area contributed by atoms with Gasteiger partial charge in [0.1, 0.15) is 11.6 Å². The maximum absolute atomic E-state index is 5.28. The Hall–Kier alpha value is -1.88. The van der Waals surface area contributed by atoms with E-state index >= 15 is 0 Å². The molecule has 1 N–H and O–H groups in total. The van der Waals surface area contributed by atoms with Crippen molar-refractivity contribution in [2.75, 3.05) is 19.0 Å². The van der Waals surface area contributed by atoms with Gasteiger partial charge in [-0.2, -0.15) is 0 Å². The van der Waals surface area contributed by atoms with E-state index in [0.29, 0.717) is 0 Å². The normalized spacial score (nSPS) is 10.6. The van der Waals surface area contributed by atoms with Crippen LogP contribution in [0.25, 0.3) is 0 Å². The molecule has 0 amide bonds. The van der Waals surface area contributed by atoms with E-state index in [0.717, 1.165) is 30.4 Å². The summed E-state index contributed by atoms with van der Waals surface area (Å²) in [7, 11) is 3.89. The summed E-state index contributed by atoms with van der Waals surface area (Å²) in [6.07, 6.45) is 5.30. The van der Waals surface area contributed by atoms with Crippen LogP contribution in [0.1, 0.15) is 17.0 Å². The number of rotatable bonds is 5. The molecule has 2 aromatic rings. The number of hydrogen-bond acceptors (Lipinski definition) is 5. The molecule has 18 heavy (non-hydrogen) atoms. The zero-order valence-electron chi connectivity index (χ0n) is 11.0. The molecule has 0 aliphatic carbocycles. The summed E-state index contributed by atoms with van der Waals surface area (Å²) >= 11 is 0. The molecule has 2 aromatic heterocycles. The van der Waals surface area contributed by atoms with Gasteiger partial charge in [-0.3, -0.25) is 4.98 Å². The van der Waals surface area contributed by atoms with E-state index in [1.807, 2.05) is 32.0 Å². The molecule has 5 heteroatoms. The first-order chi connectivity index (χ1) is 8.70. The Morgan fingerprint density at radius 2 is 2.17 bits per heavy atom. The van der Waals surface area contributed by atoms with Gasteiger partial charge in [-0.25, -0.2) is 4.98 Å². The van der Waals surface area contributed by atoms with Crippen LogP contribution in [0, 0.1) is 6.92 Å². The van der Waals surface area contributed by atoms with Crippen LogP contribution < -0.4 is 10.2 Å². The largest absolute Gasteiger partial charge is 0.469 e. The topological polar surface area (TPSA) is 54.2 Å². The lowest BCUT2D eigenvalue weighted by Gasteiger charge is -2.17. The first kappa shape index (κ1) is 12.6. The fourth-order valence-corrected chi connectivity index (χ4v) is 1.73. The van der Waals surface area contributed by atoms with Crippen molar-refractivity contribution in [1.82, 2.24) is 15.3 Å². The molecule has 2 heterocycles. The monoisotopic (exact) mass is 246 g/mol. The van der Waals surface area contributed by atoms with E-state index in [9.17, 15) is 0 Å². The molecule has 0 aliphatic rings. The third-order valence-electron chi connectivity index (χ3n) is 2.81. The van der Waals surface area contributed by atoms with Crippen molar-refractivity contribution < 1.29 is 4.42 Å². The first-order valence-corrected chi connectivity index (χ1v) is 5.90. The van der Waals surface area contributed by atoms with E-state index in [1.165, 1.54) is 5.56 Å². The van der Waals surface area contributed by atoms with Crippen molar-refractivity contribution >= 4 is 5.82 Å². The molecule has 0 atom stereocenters. The number of furan rings is 1. The number of anilines is 1. The highest BCUT2D eigenvalue weighted by atomic mass is 16.3. The molecule has 2 rings (SSSR count). The van der Waals surface area contributed by atoms with Crippen LogP contribution >= 0.6 is 0 Å². The minimum atomic E-state index is 0.734. The number of nitrogens with one attached hydrogen (secondary N) is 1. The quantitative estimate of drug-likeness (QED) is 0.870. The van der Waals surface area contributed by atoms with Crippen LogP contribution in [0.3, 0.4) is 0 Å². The fraction of sp³-hybridized carbons (Fsp3) is 0.385. The molecule has 0 saturated carbocycles. The summed E-state index contributed by atoms with van der Waals surface area (Å²) in [5.41, 5.74) is 2.10. The molecule has 0 unspecified atom stereocenters. The van der Waals surface area contributed by atoms with Crippen LogP contribution in [0.2, 0.25) is 0 Å². The predicted molar refractivity (Wildman–Crippen MR) is 70.3 cm³/mol. The lowest BCUT2D eigenvalue weighted by Crippen LogP contribution is -2.18. The van der Waals surface area contributed by atoms with Crippen molar-refractivity contribution in [3.63, 3.8) is 0 Å². The van der Waals surface area contributed by atoms with Gasteiger partial charge in [0.25, 0.3) is 0 Å². The second kappa shape index (κ2) is 5.64. The standard InChI is InChI=1S/C13H18N4O/c1-10-11(4-5-18-10)9-17(3)13-8-15-12(6-14-2)7-16-13/h4-5,7-8,14H,6,9H2,1-3H3. The summed E-state index contributed by atoms with van der Waals surface area (Å²) in [5.74, 6) is 1.80. The van der Waals surface area contributed by atoms with Gasteiger partial charge in [0.2, 0.25) is 0 Å². The lowest BCUT2D eigenvalue weighted by atomic mass is 10.2. The molecule has 0 saturated heterocycles. The Kier molecular flexibility index (Phi) is 3.94. The Balaban J connectivity index is 2.04. The summed E-state index contributed by atoms with van der Waals surface area (Å²) in [4.78, 5) is 10.8. The molecular weight excluding hydrogens is 228 g/mol. The Labute approximate surface area is 107 Å². The van der Waals surface area contributed by atoms with Crippen molar-refractivity contribution in [1.29, 1.82) is 0 Å². The Morgan fingerprint density at radius 3 is 2.72 bits per heavy atom. The van der Waals surface area contributed by atoms with Crippen molar-refractivity contribution in [3.8, 4) is 0 Å². The van der Waals surface area contributed by atoms with E-state index in [1.54, 1.807) is 18.7 Å². The van der Waals surface area contributed by atoms with Gasteiger partial charge >= 0.3 is 0 Å². The van der Waals surface area contributed by atoms with E-state index in [-0.39, 0.29) is 0 Å². The highest BCUT2D eigenvalue weighted by Crippen LogP contribution is 2.15. The molecule has 0 bridgehead atoms. The molecule has 96 valence electrons. The number of hydrogen-bond donors (Lipinski definition) is 1. The van der Waals surface area contributed by atoms with Gasteiger partial charge < -0.3 is 14.6 Å². The average Bonchev–Trinajstić information content (AvgIpc) is 2.76. The van der Waals surface area contributed by atoms with Crippen LogP contribution in [-0.2, 0) is 13.1 Å². The van der Waals surface area contributed by atoms with Gasteiger partial charge in [0.15, 0.2) is 0 Å². The second-order valence-corrected chi connectivity index (χ2v) is 4.25. The van der Waals surface area contributed by atoms with Crippen LogP contribution in [-0.4, -0.2) is 24.1 Å². The number of aromatic nitrogens is 2. The van der Waals surface area contributed by atoms with Crippen LogP contribution in [0.15, 0.2) is 29.1 Å². The maximum atomic E-state index is 5.28. The summed E-state index contributed by atoms with van der Waals surface area (Å²) < 4.78 is 5.28. The second-order valence-electron chi connectivity index (χ2n) is 4.25. The minimum Gasteiger partial charge on any atom is -0.469 e. The molecule has 0 aliphatic heterocycles. The van der Waals surface area contributed by atoms with Gasteiger partial charge in [0, 0.05) is 25.7 Å². The van der Waals surface area contributed by atoms with Crippen molar-refractivity contribution in [2.45, 2.75) is 20.0 Å². The Morgan fingerprint density at radius 1 is 1.33 bits per heavy atom. The number of aryl methyl sites for hydroxylation is 1. The van der Waals surface area contributed by atoms with E-state index < -0.39 is 0 Å². The summed E-state index contributed by atoms with van der Waals surface area (Å²) in [5, 5.41) is 3.05. The molecule has 0 fully saturated rings. The third kappa shape index (κ3) is 2.87. The smallest absolute Gasteiger partial charge is 0.147 e. The zero-order valence-corrected chi connectivity index (χ0v) is 11.0. The highest BCUT2D eigenvalue weighted by Gasteiger charge is 2.07. The van der Waals surface area contributed by atoms with Gasteiger partial charge in [-0.15, -0.1) is 0 Å². The minimum absolute atomic E-state index is 0.734. The van der Waals surface area contributed by atoms with Crippen LogP contribution in [0.4, 0.5) is 5.82 Å². The summed E-state index contributed by atoms with van der Waals surface area (Å²) in [6.45, 7) is 3.46. The molecular formula is C13H18N4O. The third-order valence-corrected chi connectivity index (χ3v) is 2.81.